The largest absolute Gasteiger partial charge is 0.370 e. The maximum Gasteiger partial charge on any atom is 0.219 e. The molecule has 1 aromatic carbocycles. The van der Waals surface area contributed by atoms with Crippen LogP contribution >= 0.6 is 27.3 Å². The first-order valence-electron chi connectivity index (χ1n) is 5.15. The highest BCUT2D eigenvalue weighted by atomic mass is 79.9. The summed E-state index contributed by atoms with van der Waals surface area (Å²) in [4.78, 5) is 15.2. The Morgan fingerprint density at radius 1 is 1.65 bits per heavy atom. The molecular formula is C11H12BrN3OS. The molecule has 0 saturated heterocycles. The lowest BCUT2D eigenvalue weighted by atomic mass is 10.2. The number of anilines is 1. The third-order valence-corrected chi connectivity index (χ3v) is 3.67. The molecule has 1 aromatic heterocycles. The maximum atomic E-state index is 10.8. The summed E-state index contributed by atoms with van der Waals surface area (Å²) in [7, 11) is 0. The summed E-state index contributed by atoms with van der Waals surface area (Å²) in [5, 5.41) is 3.99. The summed E-state index contributed by atoms with van der Waals surface area (Å²) >= 11 is 4.99. The monoisotopic (exact) mass is 313 g/mol. The Balaban J connectivity index is 2.16. The minimum atomic E-state index is -0.311. The van der Waals surface area contributed by atoms with Gasteiger partial charge in [-0.1, -0.05) is 27.3 Å². The van der Waals surface area contributed by atoms with E-state index in [1.807, 2.05) is 25.1 Å². The van der Waals surface area contributed by atoms with E-state index >= 15 is 0 Å². The lowest BCUT2D eigenvalue weighted by Crippen LogP contribution is -2.23. The molecule has 3 N–H and O–H groups in total. The summed E-state index contributed by atoms with van der Waals surface area (Å²) in [6, 6.07) is 5.94. The van der Waals surface area contributed by atoms with Crippen molar-refractivity contribution in [2.45, 2.75) is 19.4 Å². The summed E-state index contributed by atoms with van der Waals surface area (Å²) in [6.45, 7) is 1.91. The van der Waals surface area contributed by atoms with Crippen LogP contribution in [-0.2, 0) is 4.79 Å². The SMILES string of the molecule is CC(CC(N)=O)Nc1nc2ccc(Br)cc2s1. The van der Waals surface area contributed by atoms with Crippen molar-refractivity contribution in [3.63, 3.8) is 0 Å². The molecule has 2 aromatic rings. The van der Waals surface area contributed by atoms with Crippen molar-refractivity contribution in [3.05, 3.63) is 22.7 Å². The van der Waals surface area contributed by atoms with E-state index in [9.17, 15) is 4.79 Å². The average Bonchev–Trinajstić information content (AvgIpc) is 2.57. The Morgan fingerprint density at radius 3 is 3.12 bits per heavy atom. The number of hydrogen-bond acceptors (Lipinski definition) is 4. The van der Waals surface area contributed by atoms with Crippen LogP contribution in [0.4, 0.5) is 5.13 Å². The predicted molar refractivity (Wildman–Crippen MR) is 74.2 cm³/mol. The number of hydrogen-bond donors (Lipinski definition) is 2. The Hall–Kier alpha value is -1.14. The van der Waals surface area contributed by atoms with E-state index in [0.29, 0.717) is 6.42 Å². The van der Waals surface area contributed by atoms with Crippen LogP contribution in [0, 0.1) is 0 Å². The predicted octanol–water partition coefficient (Wildman–Crippen LogP) is 2.73. The van der Waals surface area contributed by atoms with E-state index < -0.39 is 0 Å². The number of carbonyl (C=O) groups excluding carboxylic acids is 1. The van der Waals surface area contributed by atoms with E-state index in [1.54, 1.807) is 11.3 Å². The van der Waals surface area contributed by atoms with Gasteiger partial charge in [-0.15, -0.1) is 0 Å². The van der Waals surface area contributed by atoms with Gasteiger partial charge in [0.05, 0.1) is 10.2 Å². The van der Waals surface area contributed by atoms with E-state index in [-0.39, 0.29) is 11.9 Å². The third-order valence-electron chi connectivity index (χ3n) is 2.23. The highest BCUT2D eigenvalue weighted by molar-refractivity contribution is 9.10. The van der Waals surface area contributed by atoms with Crippen molar-refractivity contribution in [1.82, 2.24) is 4.98 Å². The van der Waals surface area contributed by atoms with Gasteiger partial charge in [0.25, 0.3) is 0 Å². The Kier molecular flexibility index (Phi) is 3.63. The molecule has 0 fully saturated rings. The first kappa shape index (κ1) is 12.3. The lowest BCUT2D eigenvalue weighted by molar-refractivity contribution is -0.118. The average molecular weight is 314 g/mol. The molecule has 0 spiro atoms. The number of aromatic nitrogens is 1. The number of fused-ring (bicyclic) bond motifs is 1. The van der Waals surface area contributed by atoms with Crippen molar-refractivity contribution >= 4 is 48.5 Å². The van der Waals surface area contributed by atoms with Crippen molar-refractivity contribution in [1.29, 1.82) is 0 Å². The Bertz CT molecular complexity index is 555. The Labute approximate surface area is 111 Å². The maximum absolute atomic E-state index is 10.8. The van der Waals surface area contributed by atoms with Crippen LogP contribution in [-0.4, -0.2) is 16.9 Å². The van der Waals surface area contributed by atoms with Gasteiger partial charge in [0.15, 0.2) is 5.13 Å². The Morgan fingerprint density at radius 2 is 2.41 bits per heavy atom. The van der Waals surface area contributed by atoms with Crippen LogP contribution < -0.4 is 11.1 Å². The van der Waals surface area contributed by atoms with E-state index in [0.717, 1.165) is 19.8 Å². The highest BCUT2D eigenvalue weighted by Crippen LogP contribution is 2.28. The number of halogens is 1. The van der Waals surface area contributed by atoms with E-state index in [2.05, 4.69) is 26.2 Å². The minimum absolute atomic E-state index is 0.00324. The highest BCUT2D eigenvalue weighted by Gasteiger charge is 2.09. The lowest BCUT2D eigenvalue weighted by Gasteiger charge is -2.09. The standard InChI is InChI=1S/C11H12BrN3OS/c1-6(4-10(13)16)14-11-15-8-3-2-7(12)5-9(8)17-11/h2-3,5-6H,4H2,1H3,(H2,13,16)(H,14,15). The van der Waals surface area contributed by atoms with Crippen LogP contribution in [0.15, 0.2) is 22.7 Å². The number of nitrogens with two attached hydrogens (primary N) is 1. The van der Waals surface area contributed by atoms with Crippen molar-refractivity contribution < 1.29 is 4.79 Å². The van der Waals surface area contributed by atoms with E-state index in [4.69, 9.17) is 5.73 Å². The van der Waals surface area contributed by atoms with Gasteiger partial charge in [-0.25, -0.2) is 4.98 Å². The molecule has 1 unspecified atom stereocenters. The van der Waals surface area contributed by atoms with Crippen molar-refractivity contribution in [2.75, 3.05) is 5.32 Å². The van der Waals surface area contributed by atoms with Crippen LogP contribution in [0.5, 0.6) is 0 Å². The molecule has 0 radical (unpaired) electrons. The molecule has 4 nitrogen and oxygen atoms in total. The van der Waals surface area contributed by atoms with E-state index in [1.165, 1.54) is 0 Å². The summed E-state index contributed by atoms with van der Waals surface area (Å²) < 4.78 is 2.14. The second-order valence-electron chi connectivity index (χ2n) is 3.85. The summed E-state index contributed by atoms with van der Waals surface area (Å²) in [5.74, 6) is -0.311. The van der Waals surface area contributed by atoms with Gasteiger partial charge in [-0.2, -0.15) is 0 Å². The van der Waals surface area contributed by atoms with Crippen LogP contribution in [0.2, 0.25) is 0 Å². The molecule has 0 aliphatic rings. The number of primary amides is 1. The third kappa shape index (κ3) is 3.17. The molecule has 1 atom stereocenters. The first-order valence-corrected chi connectivity index (χ1v) is 6.76. The van der Waals surface area contributed by atoms with Gasteiger partial charge in [-0.05, 0) is 25.1 Å². The van der Waals surface area contributed by atoms with Crippen LogP contribution in [0.1, 0.15) is 13.3 Å². The first-order chi connectivity index (χ1) is 8.04. The molecule has 2 rings (SSSR count). The fourth-order valence-electron chi connectivity index (χ4n) is 1.52. The van der Waals surface area contributed by atoms with Gasteiger partial charge in [0.2, 0.25) is 5.91 Å². The second-order valence-corrected chi connectivity index (χ2v) is 5.79. The minimum Gasteiger partial charge on any atom is -0.370 e. The zero-order chi connectivity index (χ0) is 12.4. The number of amides is 1. The number of carbonyl (C=O) groups is 1. The topological polar surface area (TPSA) is 68.0 Å². The van der Waals surface area contributed by atoms with Gasteiger partial charge in [-0.3, -0.25) is 4.79 Å². The zero-order valence-electron chi connectivity index (χ0n) is 9.24. The van der Waals surface area contributed by atoms with Crippen molar-refractivity contribution in [3.8, 4) is 0 Å². The van der Waals surface area contributed by atoms with Crippen molar-refractivity contribution in [2.24, 2.45) is 5.73 Å². The molecule has 1 heterocycles. The summed E-state index contributed by atoms with van der Waals surface area (Å²) in [6.07, 6.45) is 0.305. The fourth-order valence-corrected chi connectivity index (χ4v) is 3.05. The number of rotatable bonds is 4. The quantitative estimate of drug-likeness (QED) is 0.912. The molecular weight excluding hydrogens is 302 g/mol. The number of benzene rings is 1. The normalized spacial score (nSPS) is 12.6. The zero-order valence-corrected chi connectivity index (χ0v) is 11.6. The number of nitrogens with one attached hydrogen (secondary N) is 1. The molecule has 0 bridgehead atoms. The number of nitrogens with zero attached hydrogens (tertiary/aromatic N) is 1. The van der Waals surface area contributed by atoms with Gasteiger partial charge in [0, 0.05) is 16.9 Å². The molecule has 1 amide bonds. The molecule has 0 aliphatic carbocycles. The molecule has 90 valence electrons. The van der Waals surface area contributed by atoms with Gasteiger partial charge >= 0.3 is 0 Å². The van der Waals surface area contributed by atoms with Crippen LogP contribution in [0.25, 0.3) is 10.2 Å². The van der Waals surface area contributed by atoms with Crippen LogP contribution in [0.3, 0.4) is 0 Å². The molecule has 0 aliphatic heterocycles. The second kappa shape index (κ2) is 5.01. The summed E-state index contributed by atoms with van der Waals surface area (Å²) in [5.41, 5.74) is 6.09. The molecule has 6 heteroatoms. The molecule has 0 saturated carbocycles. The molecule has 17 heavy (non-hydrogen) atoms. The number of thiazole rings is 1. The smallest absolute Gasteiger partial charge is 0.219 e. The van der Waals surface area contributed by atoms with Gasteiger partial charge < -0.3 is 11.1 Å². The fraction of sp³-hybridized carbons (Fsp3) is 0.273. The van der Waals surface area contributed by atoms with Gasteiger partial charge in [0.1, 0.15) is 0 Å².